The average Bonchev–Trinajstić information content (AvgIpc) is 2.56. The summed E-state index contributed by atoms with van der Waals surface area (Å²) in [5.74, 6) is -2.19. The van der Waals surface area contributed by atoms with Gasteiger partial charge in [-0.1, -0.05) is 43.6 Å². The molecule has 0 radical (unpaired) electrons. The Kier molecular flexibility index (Phi) is 6.15. The third kappa shape index (κ3) is 5.01. The predicted molar refractivity (Wildman–Crippen MR) is 99.0 cm³/mol. The molecule has 2 aromatic rings. The number of para-hydroxylation sites is 1. The average molecular weight is 399 g/mol. The Balaban J connectivity index is 2.25. The van der Waals surface area contributed by atoms with Crippen molar-refractivity contribution in [3.05, 3.63) is 58.1 Å². The van der Waals surface area contributed by atoms with Crippen LogP contribution in [0.4, 0.5) is 24.5 Å². The normalized spacial score (nSPS) is 11.4. The Morgan fingerprint density at radius 2 is 1.67 bits per heavy atom. The molecule has 0 aliphatic heterocycles. The van der Waals surface area contributed by atoms with E-state index in [9.17, 15) is 22.8 Å². The van der Waals surface area contributed by atoms with Gasteiger partial charge in [0.1, 0.15) is 0 Å². The van der Waals surface area contributed by atoms with E-state index in [1.807, 2.05) is 31.3 Å². The maximum absolute atomic E-state index is 13.1. The summed E-state index contributed by atoms with van der Waals surface area (Å²) in [6.45, 7) is 5.61. The van der Waals surface area contributed by atoms with Gasteiger partial charge in [0.25, 0.3) is 0 Å². The molecule has 27 heavy (non-hydrogen) atoms. The zero-order valence-corrected chi connectivity index (χ0v) is 15.6. The summed E-state index contributed by atoms with van der Waals surface area (Å²) in [6, 6.07) is 8.29. The van der Waals surface area contributed by atoms with E-state index in [0.717, 1.165) is 17.2 Å². The van der Waals surface area contributed by atoms with Gasteiger partial charge in [-0.25, -0.2) is 0 Å². The van der Waals surface area contributed by atoms with Crippen LogP contribution in [-0.4, -0.2) is 11.8 Å². The lowest BCUT2D eigenvalue weighted by atomic mass is 9.98. The first kappa shape index (κ1) is 20.8. The Morgan fingerprint density at radius 3 is 2.26 bits per heavy atom. The summed E-state index contributed by atoms with van der Waals surface area (Å²) in [6.07, 6.45) is -4.73. The maximum atomic E-state index is 13.1. The van der Waals surface area contributed by atoms with Crippen LogP contribution in [-0.2, 0) is 15.8 Å². The van der Waals surface area contributed by atoms with Crippen molar-refractivity contribution in [2.45, 2.75) is 32.9 Å². The maximum Gasteiger partial charge on any atom is 0.418 e. The third-order valence-corrected chi connectivity index (χ3v) is 4.14. The first-order valence-electron chi connectivity index (χ1n) is 8.09. The number of hydrogen-bond acceptors (Lipinski definition) is 2. The minimum atomic E-state index is -4.73. The molecule has 2 aromatic carbocycles. The molecule has 0 saturated heterocycles. The Hall–Kier alpha value is -2.54. The van der Waals surface area contributed by atoms with Gasteiger partial charge in [-0.15, -0.1) is 0 Å². The van der Waals surface area contributed by atoms with Crippen molar-refractivity contribution in [2.75, 3.05) is 10.6 Å². The number of alkyl halides is 3. The summed E-state index contributed by atoms with van der Waals surface area (Å²) in [7, 11) is 0. The number of carbonyl (C=O) groups is 2. The van der Waals surface area contributed by atoms with Crippen LogP contribution in [0, 0.1) is 6.92 Å². The predicted octanol–water partition coefficient (Wildman–Crippen LogP) is 5.37. The van der Waals surface area contributed by atoms with Crippen molar-refractivity contribution in [1.82, 2.24) is 0 Å². The molecule has 2 amide bonds. The molecule has 8 heteroatoms. The fraction of sp³-hybridized carbons (Fsp3) is 0.263. The van der Waals surface area contributed by atoms with Gasteiger partial charge in [0.05, 0.1) is 11.3 Å². The fourth-order valence-electron chi connectivity index (χ4n) is 2.55. The topological polar surface area (TPSA) is 58.2 Å². The van der Waals surface area contributed by atoms with E-state index in [1.165, 1.54) is 6.07 Å². The second kappa shape index (κ2) is 8.00. The summed E-state index contributed by atoms with van der Waals surface area (Å²) in [5.41, 5.74) is 0.360. The Labute approximate surface area is 159 Å². The number of benzene rings is 2. The van der Waals surface area contributed by atoms with Gasteiger partial charge in [-0.2, -0.15) is 13.2 Å². The number of nitrogens with one attached hydrogen (secondary N) is 2. The van der Waals surface area contributed by atoms with Crippen LogP contribution in [0.1, 0.15) is 36.5 Å². The molecule has 4 nitrogen and oxygen atoms in total. The van der Waals surface area contributed by atoms with Gasteiger partial charge in [0, 0.05) is 10.7 Å². The zero-order valence-electron chi connectivity index (χ0n) is 14.9. The molecule has 0 fully saturated rings. The molecule has 144 valence electrons. The van der Waals surface area contributed by atoms with Gasteiger partial charge in [0.2, 0.25) is 0 Å². The van der Waals surface area contributed by atoms with Gasteiger partial charge in [-0.05, 0) is 42.2 Å². The van der Waals surface area contributed by atoms with Gasteiger partial charge >= 0.3 is 18.0 Å². The highest BCUT2D eigenvalue weighted by Gasteiger charge is 2.34. The molecule has 2 N–H and O–H groups in total. The van der Waals surface area contributed by atoms with Crippen LogP contribution in [0.2, 0.25) is 5.02 Å². The van der Waals surface area contributed by atoms with Crippen molar-refractivity contribution in [3.63, 3.8) is 0 Å². The highest BCUT2D eigenvalue weighted by Crippen LogP contribution is 2.36. The lowest BCUT2D eigenvalue weighted by Gasteiger charge is -2.17. The van der Waals surface area contributed by atoms with Gasteiger partial charge < -0.3 is 10.6 Å². The minimum absolute atomic E-state index is 0.0800. The van der Waals surface area contributed by atoms with E-state index in [4.69, 9.17) is 11.6 Å². The number of anilines is 2. The second-order valence-corrected chi connectivity index (χ2v) is 6.73. The molecule has 0 atom stereocenters. The molecule has 0 spiro atoms. The summed E-state index contributed by atoms with van der Waals surface area (Å²) in [4.78, 5) is 24.4. The highest BCUT2D eigenvalue weighted by atomic mass is 35.5. The standard InChI is InChI=1S/C19H18ClF3N2O2/c1-10(2)13-6-4-5-11(3)16(13)25-18(27)17(26)24-15-8-7-12(20)9-14(15)19(21,22)23/h4-10H,1-3H3,(H,24,26)(H,25,27). The lowest BCUT2D eigenvalue weighted by Crippen LogP contribution is -2.30. The zero-order chi connectivity index (χ0) is 20.4. The summed E-state index contributed by atoms with van der Waals surface area (Å²) < 4.78 is 39.3. The van der Waals surface area contributed by atoms with Crippen molar-refractivity contribution in [3.8, 4) is 0 Å². The van der Waals surface area contributed by atoms with E-state index in [2.05, 4.69) is 5.32 Å². The smallest absolute Gasteiger partial charge is 0.317 e. The van der Waals surface area contributed by atoms with E-state index >= 15 is 0 Å². The molecule has 0 bridgehead atoms. The first-order valence-corrected chi connectivity index (χ1v) is 8.47. The Morgan fingerprint density at radius 1 is 1.04 bits per heavy atom. The van der Waals surface area contributed by atoms with Gasteiger partial charge in [-0.3, -0.25) is 9.59 Å². The molecule has 0 saturated carbocycles. The van der Waals surface area contributed by atoms with Crippen molar-refractivity contribution in [2.24, 2.45) is 0 Å². The van der Waals surface area contributed by atoms with Crippen molar-refractivity contribution >= 4 is 34.8 Å². The fourth-order valence-corrected chi connectivity index (χ4v) is 2.72. The number of carbonyl (C=O) groups excluding carboxylic acids is 2. The largest absolute Gasteiger partial charge is 0.418 e. The third-order valence-electron chi connectivity index (χ3n) is 3.91. The summed E-state index contributed by atoms with van der Waals surface area (Å²) >= 11 is 5.60. The lowest BCUT2D eigenvalue weighted by molar-refractivity contribution is -0.137. The van der Waals surface area contributed by atoms with Crippen LogP contribution < -0.4 is 10.6 Å². The molecule has 0 aromatic heterocycles. The molecular weight excluding hydrogens is 381 g/mol. The minimum Gasteiger partial charge on any atom is -0.317 e. The van der Waals surface area contributed by atoms with Gasteiger partial charge in [0.15, 0.2) is 0 Å². The van der Waals surface area contributed by atoms with Crippen LogP contribution in [0.25, 0.3) is 0 Å². The van der Waals surface area contributed by atoms with Crippen molar-refractivity contribution in [1.29, 1.82) is 0 Å². The van der Waals surface area contributed by atoms with E-state index in [-0.39, 0.29) is 10.9 Å². The van der Waals surface area contributed by atoms with E-state index in [1.54, 1.807) is 13.0 Å². The van der Waals surface area contributed by atoms with Crippen LogP contribution >= 0.6 is 11.6 Å². The first-order chi connectivity index (χ1) is 12.5. The number of aryl methyl sites for hydroxylation is 1. The second-order valence-electron chi connectivity index (χ2n) is 6.29. The van der Waals surface area contributed by atoms with Crippen LogP contribution in [0.15, 0.2) is 36.4 Å². The SMILES string of the molecule is Cc1cccc(C(C)C)c1NC(=O)C(=O)Nc1ccc(Cl)cc1C(F)(F)F. The molecule has 2 rings (SSSR count). The number of halogens is 4. The molecule has 0 unspecified atom stereocenters. The van der Waals surface area contributed by atoms with Crippen molar-refractivity contribution < 1.29 is 22.8 Å². The monoisotopic (exact) mass is 398 g/mol. The molecule has 0 heterocycles. The molecule has 0 aliphatic rings. The molecular formula is C19H18ClF3N2O2. The molecule has 0 aliphatic carbocycles. The number of rotatable bonds is 3. The number of hydrogen-bond donors (Lipinski definition) is 2. The Bertz CT molecular complexity index is 880. The van der Waals surface area contributed by atoms with Crippen LogP contribution in [0.5, 0.6) is 0 Å². The van der Waals surface area contributed by atoms with E-state index < -0.39 is 29.2 Å². The quantitative estimate of drug-likeness (QED) is 0.683. The number of amides is 2. The van der Waals surface area contributed by atoms with Crippen LogP contribution in [0.3, 0.4) is 0 Å². The highest BCUT2D eigenvalue weighted by molar-refractivity contribution is 6.44. The van der Waals surface area contributed by atoms with E-state index in [0.29, 0.717) is 11.8 Å². The summed E-state index contributed by atoms with van der Waals surface area (Å²) in [5, 5.41) is 4.36.